The lowest BCUT2D eigenvalue weighted by atomic mass is 10.1. The molecule has 0 amide bonds. The van der Waals surface area contributed by atoms with E-state index in [0.717, 1.165) is 11.1 Å². The van der Waals surface area contributed by atoms with Gasteiger partial charge in [0.15, 0.2) is 0 Å². The molecule has 0 atom stereocenters. The molecule has 2 aromatic carbocycles. The number of hydrogen-bond donors (Lipinski definition) is 0. The van der Waals surface area contributed by atoms with Gasteiger partial charge in [0.2, 0.25) is 0 Å². The molecule has 3 rings (SSSR count). The molecule has 5 nitrogen and oxygen atoms in total. The van der Waals surface area contributed by atoms with Crippen LogP contribution in [-0.4, -0.2) is 25.5 Å². The number of para-hydroxylation sites is 1. The number of fused-ring (bicyclic) bond motifs is 1. The molecule has 0 saturated carbocycles. The third-order valence-corrected chi connectivity index (χ3v) is 5.98. The van der Waals surface area contributed by atoms with Gasteiger partial charge < -0.3 is 4.74 Å². The number of nitrogens with zero attached hydrogens (tertiary/aromatic N) is 1. The molecule has 0 aliphatic carbocycles. The summed E-state index contributed by atoms with van der Waals surface area (Å²) in [5.41, 5.74) is 5.88. The van der Waals surface area contributed by atoms with E-state index < -0.39 is 16.0 Å². The molecule has 0 bridgehead atoms. The highest BCUT2D eigenvalue weighted by Crippen LogP contribution is 2.31. The van der Waals surface area contributed by atoms with Gasteiger partial charge in [0.05, 0.1) is 17.5 Å². The van der Waals surface area contributed by atoms with Crippen LogP contribution in [0.4, 0.5) is 0 Å². The molecule has 3 aromatic rings. The normalized spacial score (nSPS) is 11.1. The van der Waals surface area contributed by atoms with Crippen molar-refractivity contribution in [2.24, 2.45) is 0 Å². The molecule has 28 heavy (non-hydrogen) atoms. The predicted molar refractivity (Wildman–Crippen MR) is 109 cm³/mol. The molecule has 0 radical (unpaired) electrons. The largest absolute Gasteiger partial charge is 0.465 e. The van der Waals surface area contributed by atoms with Gasteiger partial charge in [0.25, 0.3) is 10.0 Å². The minimum Gasteiger partial charge on any atom is -0.465 e. The summed E-state index contributed by atoms with van der Waals surface area (Å²) in [5.74, 6) is -0.572. The van der Waals surface area contributed by atoms with Crippen LogP contribution in [-0.2, 0) is 19.6 Å². The molecule has 0 aliphatic heterocycles. The molecule has 0 aliphatic rings. The lowest BCUT2D eigenvalue weighted by Gasteiger charge is -2.07. The third kappa shape index (κ3) is 3.52. The van der Waals surface area contributed by atoms with E-state index >= 15 is 0 Å². The van der Waals surface area contributed by atoms with Gasteiger partial charge in [-0.3, -0.25) is 0 Å². The van der Waals surface area contributed by atoms with E-state index in [4.69, 9.17) is 4.74 Å². The number of rotatable bonds is 4. The Labute approximate surface area is 164 Å². The van der Waals surface area contributed by atoms with E-state index in [0.29, 0.717) is 16.5 Å². The number of carbonyl (C=O) groups is 1. The second kappa shape index (κ2) is 7.50. The highest BCUT2D eigenvalue weighted by atomic mass is 32.2. The van der Waals surface area contributed by atoms with Gasteiger partial charge in [0.1, 0.15) is 5.57 Å². The Hall–Kier alpha value is -3.08. The Morgan fingerprint density at radius 2 is 1.68 bits per heavy atom. The highest BCUT2D eigenvalue weighted by molar-refractivity contribution is 7.90. The fourth-order valence-corrected chi connectivity index (χ4v) is 4.32. The van der Waals surface area contributed by atoms with Crippen LogP contribution < -0.4 is 0 Å². The minimum absolute atomic E-state index is 0.177. The molecule has 1 aromatic heterocycles. The number of hydrogen-bond acceptors (Lipinski definition) is 4. The van der Waals surface area contributed by atoms with E-state index in [1.807, 2.05) is 20.8 Å². The summed E-state index contributed by atoms with van der Waals surface area (Å²) in [7, 11) is -2.55. The monoisotopic (exact) mass is 395 g/mol. The van der Waals surface area contributed by atoms with E-state index in [2.05, 4.69) is 5.73 Å². The molecule has 1 heterocycles. The van der Waals surface area contributed by atoms with E-state index in [-0.39, 0.29) is 10.5 Å². The molecule has 6 heteroatoms. The first-order chi connectivity index (χ1) is 13.3. The van der Waals surface area contributed by atoms with Crippen LogP contribution in [0.15, 0.2) is 70.9 Å². The van der Waals surface area contributed by atoms with Gasteiger partial charge in [-0.05, 0) is 44.5 Å². The van der Waals surface area contributed by atoms with Crippen molar-refractivity contribution in [1.82, 2.24) is 3.97 Å². The number of esters is 1. The molecule has 0 saturated heterocycles. The second-order valence-corrected chi connectivity index (χ2v) is 8.48. The molecule has 144 valence electrons. The van der Waals surface area contributed by atoms with Crippen molar-refractivity contribution in [1.29, 1.82) is 0 Å². The van der Waals surface area contributed by atoms with Crippen LogP contribution in [0.1, 0.15) is 25.0 Å². The average Bonchev–Trinajstić information content (AvgIpc) is 3.06. The van der Waals surface area contributed by atoms with Gasteiger partial charge in [-0.15, -0.1) is 5.73 Å². The summed E-state index contributed by atoms with van der Waals surface area (Å²) < 4.78 is 32.6. The summed E-state index contributed by atoms with van der Waals surface area (Å²) in [5, 5.41) is 0.632. The molecule has 0 spiro atoms. The lowest BCUT2D eigenvalue weighted by molar-refractivity contribution is -0.133. The fourth-order valence-electron chi connectivity index (χ4n) is 2.95. The smallest absolute Gasteiger partial charge is 0.346 e. The van der Waals surface area contributed by atoms with Crippen LogP contribution in [0.5, 0.6) is 0 Å². The maximum atomic E-state index is 13.3. The lowest BCUT2D eigenvalue weighted by Crippen LogP contribution is -2.12. The molecule has 0 unspecified atom stereocenters. The van der Waals surface area contributed by atoms with E-state index in [1.54, 1.807) is 48.5 Å². The molecular formula is C22H21NO4S. The van der Waals surface area contributed by atoms with Crippen molar-refractivity contribution < 1.29 is 17.9 Å². The van der Waals surface area contributed by atoms with Gasteiger partial charge in [-0.25, -0.2) is 17.2 Å². The Kier molecular flexibility index (Phi) is 5.27. The summed E-state index contributed by atoms with van der Waals surface area (Å²) in [6.07, 6.45) is 1.46. The van der Waals surface area contributed by atoms with Crippen LogP contribution in [0.2, 0.25) is 0 Å². The fraction of sp³-hybridized carbons (Fsp3) is 0.182. The van der Waals surface area contributed by atoms with Crippen LogP contribution >= 0.6 is 0 Å². The third-order valence-electron chi connectivity index (χ3n) is 4.29. The van der Waals surface area contributed by atoms with Crippen molar-refractivity contribution >= 4 is 32.5 Å². The standard InChI is InChI=1S/C22H21NO4S/c1-15(2)13-19(22(24)27-4)20-14-23(21-8-6-5-7-18(20)21)28(25,26)17-11-9-16(3)10-12-17/h5-12,14H,1-4H3. The number of benzene rings is 2. The summed E-state index contributed by atoms with van der Waals surface area (Å²) in [6, 6.07) is 13.7. The number of methoxy groups -OCH3 is 1. The SMILES string of the molecule is COC(=O)C(=C=C(C)C)c1cn(S(=O)(=O)c2ccc(C)cc2)c2ccccc12. The van der Waals surface area contributed by atoms with Crippen molar-refractivity contribution in [3.63, 3.8) is 0 Å². The number of ether oxygens (including phenoxy) is 1. The van der Waals surface area contributed by atoms with Gasteiger partial charge >= 0.3 is 5.97 Å². The first-order valence-corrected chi connectivity index (χ1v) is 10.1. The number of aryl methyl sites for hydroxylation is 1. The quantitative estimate of drug-likeness (QED) is 0.375. The van der Waals surface area contributed by atoms with Gasteiger partial charge in [-0.1, -0.05) is 35.9 Å². The summed E-state index contributed by atoms with van der Waals surface area (Å²) in [4.78, 5) is 12.5. The zero-order valence-electron chi connectivity index (χ0n) is 16.2. The predicted octanol–water partition coefficient (Wildman–Crippen LogP) is 4.31. The van der Waals surface area contributed by atoms with Crippen molar-refractivity contribution in [3.05, 3.63) is 77.2 Å². The van der Waals surface area contributed by atoms with E-state index in [1.165, 1.54) is 17.3 Å². The Balaban J connectivity index is 2.35. The Morgan fingerprint density at radius 3 is 2.29 bits per heavy atom. The van der Waals surface area contributed by atoms with Gasteiger partial charge in [-0.2, -0.15) is 0 Å². The maximum absolute atomic E-state index is 13.3. The first kappa shape index (κ1) is 19.7. The van der Waals surface area contributed by atoms with Crippen LogP contribution in [0.3, 0.4) is 0 Å². The zero-order chi connectivity index (χ0) is 20.5. The maximum Gasteiger partial charge on any atom is 0.346 e. The Morgan fingerprint density at radius 1 is 1.04 bits per heavy atom. The number of aromatic nitrogens is 1. The van der Waals surface area contributed by atoms with Gasteiger partial charge in [0, 0.05) is 17.1 Å². The summed E-state index contributed by atoms with van der Waals surface area (Å²) >= 11 is 0. The minimum atomic E-state index is -3.84. The van der Waals surface area contributed by atoms with Crippen LogP contribution in [0, 0.1) is 6.92 Å². The average molecular weight is 395 g/mol. The molecule has 0 N–H and O–H groups in total. The van der Waals surface area contributed by atoms with Crippen molar-refractivity contribution in [2.45, 2.75) is 25.7 Å². The molecule has 0 fully saturated rings. The number of carbonyl (C=O) groups excluding carboxylic acids is 1. The Bertz CT molecular complexity index is 1220. The van der Waals surface area contributed by atoms with Crippen LogP contribution in [0.25, 0.3) is 16.5 Å². The topological polar surface area (TPSA) is 65.4 Å². The second-order valence-electron chi connectivity index (χ2n) is 6.67. The zero-order valence-corrected chi connectivity index (χ0v) is 17.0. The molecular weight excluding hydrogens is 374 g/mol. The summed E-state index contributed by atoms with van der Waals surface area (Å²) in [6.45, 7) is 5.52. The van der Waals surface area contributed by atoms with E-state index in [9.17, 15) is 13.2 Å². The highest BCUT2D eigenvalue weighted by Gasteiger charge is 2.24. The van der Waals surface area contributed by atoms with Crippen molar-refractivity contribution in [2.75, 3.05) is 7.11 Å². The van der Waals surface area contributed by atoms with Crippen molar-refractivity contribution in [3.8, 4) is 0 Å². The first-order valence-electron chi connectivity index (χ1n) is 8.71.